The van der Waals surface area contributed by atoms with Crippen molar-refractivity contribution in [3.63, 3.8) is 0 Å². The van der Waals surface area contributed by atoms with E-state index in [0.29, 0.717) is 6.73 Å². The monoisotopic (exact) mass is 154 g/mol. The summed E-state index contributed by atoms with van der Waals surface area (Å²) in [4.78, 5) is 0. The zero-order valence-corrected chi connectivity index (χ0v) is 7.24. The maximum absolute atomic E-state index is 5.34. The molecule has 0 atom stereocenters. The summed E-state index contributed by atoms with van der Waals surface area (Å²) in [5.74, 6) is 0. The van der Waals surface area contributed by atoms with Crippen LogP contribution in [-0.4, -0.2) is 15.9 Å². The van der Waals surface area contributed by atoms with E-state index < -0.39 is 0 Å². The lowest BCUT2D eigenvalue weighted by Gasteiger charge is -2.06. The number of ether oxygens (including phenoxy) is 1. The molecule has 1 heterocycles. The summed E-state index contributed by atoms with van der Waals surface area (Å²) in [6.45, 7) is 6.53. The zero-order valence-electron chi connectivity index (χ0n) is 7.24. The van der Waals surface area contributed by atoms with Gasteiger partial charge in [-0.05, 0) is 26.8 Å². The highest BCUT2D eigenvalue weighted by molar-refractivity contribution is 4.94. The average molecular weight is 154 g/mol. The molecular weight excluding hydrogens is 140 g/mol. The molecule has 0 fully saturated rings. The van der Waals surface area contributed by atoms with E-state index in [-0.39, 0.29) is 6.10 Å². The van der Waals surface area contributed by atoms with Crippen molar-refractivity contribution in [3.05, 3.63) is 18.0 Å². The molecule has 0 N–H and O–H groups in total. The van der Waals surface area contributed by atoms with Gasteiger partial charge in [-0.1, -0.05) is 0 Å². The lowest BCUT2D eigenvalue weighted by Crippen LogP contribution is -2.08. The third-order valence-corrected chi connectivity index (χ3v) is 1.31. The van der Waals surface area contributed by atoms with Gasteiger partial charge in [-0.15, -0.1) is 0 Å². The summed E-state index contributed by atoms with van der Waals surface area (Å²) in [7, 11) is 0. The summed E-state index contributed by atoms with van der Waals surface area (Å²) in [5, 5.41) is 4.17. The second kappa shape index (κ2) is 3.53. The Bertz CT molecular complexity index is 218. The quantitative estimate of drug-likeness (QED) is 0.660. The molecule has 0 unspecified atom stereocenters. The van der Waals surface area contributed by atoms with Crippen molar-refractivity contribution in [1.82, 2.24) is 9.78 Å². The Morgan fingerprint density at radius 2 is 2.36 bits per heavy atom. The maximum atomic E-state index is 5.34. The molecular formula is C8H14N2O. The van der Waals surface area contributed by atoms with Gasteiger partial charge in [0.25, 0.3) is 0 Å². The SMILES string of the molecule is Cc1ccn(COC(C)C)n1. The molecule has 0 aliphatic rings. The smallest absolute Gasteiger partial charge is 0.139 e. The van der Waals surface area contributed by atoms with Crippen LogP contribution in [0.15, 0.2) is 12.3 Å². The van der Waals surface area contributed by atoms with Gasteiger partial charge < -0.3 is 4.74 Å². The van der Waals surface area contributed by atoms with Gasteiger partial charge in [0.05, 0.1) is 11.8 Å². The van der Waals surface area contributed by atoms with Crippen LogP contribution >= 0.6 is 0 Å². The first kappa shape index (κ1) is 8.27. The number of hydrogen-bond donors (Lipinski definition) is 0. The van der Waals surface area contributed by atoms with Crippen molar-refractivity contribution in [2.45, 2.75) is 33.6 Å². The predicted molar refractivity (Wildman–Crippen MR) is 43.2 cm³/mol. The van der Waals surface area contributed by atoms with Gasteiger partial charge in [-0.2, -0.15) is 5.10 Å². The Balaban J connectivity index is 2.39. The van der Waals surface area contributed by atoms with Gasteiger partial charge >= 0.3 is 0 Å². The molecule has 0 bridgehead atoms. The van der Waals surface area contributed by atoms with Crippen LogP contribution < -0.4 is 0 Å². The summed E-state index contributed by atoms with van der Waals surface area (Å²) in [6.07, 6.45) is 2.18. The van der Waals surface area contributed by atoms with Crippen LogP contribution in [0.3, 0.4) is 0 Å². The number of aromatic nitrogens is 2. The van der Waals surface area contributed by atoms with Gasteiger partial charge in [0.2, 0.25) is 0 Å². The summed E-state index contributed by atoms with van der Waals surface area (Å²) in [6, 6.07) is 1.96. The molecule has 1 aromatic heterocycles. The molecule has 0 aromatic carbocycles. The van der Waals surface area contributed by atoms with E-state index in [1.807, 2.05) is 33.0 Å². The molecule has 1 rings (SSSR count). The second-order valence-electron chi connectivity index (χ2n) is 2.84. The van der Waals surface area contributed by atoms with E-state index in [1.54, 1.807) is 4.68 Å². The van der Waals surface area contributed by atoms with Gasteiger partial charge in [0.1, 0.15) is 6.73 Å². The highest BCUT2D eigenvalue weighted by Gasteiger charge is 1.95. The zero-order chi connectivity index (χ0) is 8.27. The van der Waals surface area contributed by atoms with Crippen LogP contribution in [0.5, 0.6) is 0 Å². The number of nitrogens with zero attached hydrogens (tertiary/aromatic N) is 2. The number of rotatable bonds is 3. The van der Waals surface area contributed by atoms with Gasteiger partial charge in [-0.3, -0.25) is 0 Å². The van der Waals surface area contributed by atoms with Crippen molar-refractivity contribution >= 4 is 0 Å². The van der Waals surface area contributed by atoms with Crippen LogP contribution in [0.4, 0.5) is 0 Å². The van der Waals surface area contributed by atoms with Gasteiger partial charge in [0.15, 0.2) is 0 Å². The molecule has 3 nitrogen and oxygen atoms in total. The number of hydrogen-bond acceptors (Lipinski definition) is 2. The summed E-state index contributed by atoms with van der Waals surface area (Å²) < 4.78 is 7.13. The minimum Gasteiger partial charge on any atom is -0.357 e. The molecule has 0 aliphatic carbocycles. The highest BCUT2D eigenvalue weighted by Crippen LogP contribution is 1.95. The van der Waals surface area contributed by atoms with Crippen LogP contribution in [0.2, 0.25) is 0 Å². The van der Waals surface area contributed by atoms with Gasteiger partial charge in [0, 0.05) is 6.20 Å². The molecule has 0 aliphatic heterocycles. The lowest BCUT2D eigenvalue weighted by molar-refractivity contribution is 0.0219. The first-order valence-electron chi connectivity index (χ1n) is 3.80. The molecule has 0 saturated heterocycles. The van der Waals surface area contributed by atoms with Crippen molar-refractivity contribution in [1.29, 1.82) is 0 Å². The lowest BCUT2D eigenvalue weighted by atomic mass is 10.5. The van der Waals surface area contributed by atoms with Crippen LogP contribution in [0.25, 0.3) is 0 Å². The van der Waals surface area contributed by atoms with Crippen molar-refractivity contribution < 1.29 is 4.74 Å². The Labute approximate surface area is 67.0 Å². The molecule has 0 saturated carbocycles. The van der Waals surface area contributed by atoms with Crippen LogP contribution in [0.1, 0.15) is 19.5 Å². The Morgan fingerprint density at radius 1 is 1.64 bits per heavy atom. The molecule has 0 radical (unpaired) electrons. The van der Waals surface area contributed by atoms with Crippen LogP contribution in [0, 0.1) is 6.92 Å². The van der Waals surface area contributed by atoms with E-state index in [2.05, 4.69) is 5.10 Å². The minimum atomic E-state index is 0.263. The van der Waals surface area contributed by atoms with Crippen LogP contribution in [-0.2, 0) is 11.5 Å². The van der Waals surface area contributed by atoms with E-state index in [0.717, 1.165) is 5.69 Å². The van der Waals surface area contributed by atoms with Crippen molar-refractivity contribution in [2.24, 2.45) is 0 Å². The fourth-order valence-corrected chi connectivity index (χ4v) is 0.761. The summed E-state index contributed by atoms with van der Waals surface area (Å²) >= 11 is 0. The first-order valence-corrected chi connectivity index (χ1v) is 3.80. The minimum absolute atomic E-state index is 0.263. The fraction of sp³-hybridized carbons (Fsp3) is 0.625. The second-order valence-corrected chi connectivity index (χ2v) is 2.84. The van der Waals surface area contributed by atoms with E-state index in [4.69, 9.17) is 4.74 Å². The van der Waals surface area contributed by atoms with Crippen molar-refractivity contribution in [2.75, 3.05) is 0 Å². The standard InChI is InChI=1S/C8H14N2O/c1-7(2)11-6-10-5-4-8(3)9-10/h4-5,7H,6H2,1-3H3. The Morgan fingerprint density at radius 3 is 2.82 bits per heavy atom. The van der Waals surface area contributed by atoms with Crippen molar-refractivity contribution in [3.8, 4) is 0 Å². The fourth-order valence-electron chi connectivity index (χ4n) is 0.761. The topological polar surface area (TPSA) is 27.1 Å². The van der Waals surface area contributed by atoms with E-state index in [9.17, 15) is 0 Å². The molecule has 3 heteroatoms. The molecule has 1 aromatic rings. The normalized spacial score (nSPS) is 10.9. The highest BCUT2D eigenvalue weighted by atomic mass is 16.5. The first-order chi connectivity index (χ1) is 5.18. The molecule has 62 valence electrons. The summed E-state index contributed by atoms with van der Waals surface area (Å²) in [5.41, 5.74) is 1.03. The van der Waals surface area contributed by atoms with E-state index >= 15 is 0 Å². The molecule has 0 amide bonds. The maximum Gasteiger partial charge on any atom is 0.139 e. The number of aryl methyl sites for hydroxylation is 1. The van der Waals surface area contributed by atoms with Gasteiger partial charge in [-0.25, -0.2) is 4.68 Å². The molecule has 0 spiro atoms. The Hall–Kier alpha value is -0.830. The Kier molecular flexibility index (Phi) is 2.65. The molecule has 11 heavy (non-hydrogen) atoms. The largest absolute Gasteiger partial charge is 0.357 e. The third kappa shape index (κ3) is 2.72. The average Bonchev–Trinajstić information content (AvgIpc) is 2.31. The predicted octanol–water partition coefficient (Wildman–Crippen LogP) is 1.57. The van der Waals surface area contributed by atoms with E-state index in [1.165, 1.54) is 0 Å². The third-order valence-electron chi connectivity index (χ3n) is 1.31.